The van der Waals surface area contributed by atoms with E-state index in [1.165, 1.54) is 5.56 Å². The fourth-order valence-corrected chi connectivity index (χ4v) is 2.93. The summed E-state index contributed by atoms with van der Waals surface area (Å²) in [5.74, 6) is 0.557. The van der Waals surface area contributed by atoms with Gasteiger partial charge in [0, 0.05) is 37.1 Å². The van der Waals surface area contributed by atoms with Crippen molar-refractivity contribution in [1.82, 2.24) is 16.0 Å². The Morgan fingerprint density at radius 2 is 2.12 bits per heavy atom. The molecule has 1 aromatic carbocycles. The molecule has 1 aliphatic rings. The molecule has 3 N–H and O–H groups in total. The molecule has 7 heteroatoms. The van der Waals surface area contributed by atoms with E-state index >= 15 is 0 Å². The van der Waals surface area contributed by atoms with Crippen LogP contribution in [0, 0.1) is 0 Å². The van der Waals surface area contributed by atoms with Gasteiger partial charge in [-0.05, 0) is 30.5 Å². The van der Waals surface area contributed by atoms with Gasteiger partial charge in [0.25, 0.3) is 0 Å². The molecule has 132 valence electrons. The highest BCUT2D eigenvalue weighted by Crippen LogP contribution is 2.48. The summed E-state index contributed by atoms with van der Waals surface area (Å²) in [7, 11) is 3.31. The minimum atomic E-state index is -0.0804. The van der Waals surface area contributed by atoms with Crippen molar-refractivity contribution in [3.8, 4) is 0 Å². The summed E-state index contributed by atoms with van der Waals surface area (Å²) in [4.78, 5) is 15.9. The van der Waals surface area contributed by atoms with Gasteiger partial charge in [-0.2, -0.15) is 0 Å². The Bertz CT molecular complexity index is 588. The molecule has 0 saturated heterocycles. The number of methoxy groups -OCH3 is 1. The van der Waals surface area contributed by atoms with Crippen LogP contribution >= 0.6 is 15.9 Å². The monoisotopic (exact) mass is 396 g/mol. The summed E-state index contributed by atoms with van der Waals surface area (Å²) in [6.45, 7) is 2.00. The molecule has 0 radical (unpaired) electrons. The first kappa shape index (κ1) is 18.7. The molecule has 0 spiro atoms. The number of hydrogen-bond acceptors (Lipinski definition) is 3. The Morgan fingerprint density at radius 3 is 2.75 bits per heavy atom. The van der Waals surface area contributed by atoms with Crippen molar-refractivity contribution < 1.29 is 9.53 Å². The summed E-state index contributed by atoms with van der Waals surface area (Å²) < 4.78 is 6.00. The average molecular weight is 397 g/mol. The largest absolute Gasteiger partial charge is 0.383 e. The quantitative estimate of drug-likeness (QED) is 0.352. The minimum absolute atomic E-state index is 0.0804. The number of nitrogens with one attached hydrogen (secondary N) is 3. The Balaban J connectivity index is 1.78. The van der Waals surface area contributed by atoms with E-state index in [0.29, 0.717) is 19.1 Å². The highest BCUT2D eigenvalue weighted by molar-refractivity contribution is 9.10. The summed E-state index contributed by atoms with van der Waals surface area (Å²) in [5, 5.41) is 9.13. The molecule has 2 rings (SSSR count). The van der Waals surface area contributed by atoms with Crippen LogP contribution in [-0.2, 0) is 14.9 Å². The maximum Gasteiger partial charge on any atom is 0.239 e. The highest BCUT2D eigenvalue weighted by atomic mass is 79.9. The fourth-order valence-electron chi connectivity index (χ4n) is 2.53. The van der Waals surface area contributed by atoms with Gasteiger partial charge >= 0.3 is 0 Å². The van der Waals surface area contributed by atoms with Gasteiger partial charge in [0.15, 0.2) is 5.96 Å². The summed E-state index contributed by atoms with van der Waals surface area (Å²) in [6, 6.07) is 8.44. The third-order valence-corrected chi connectivity index (χ3v) is 4.65. The molecule has 0 aliphatic heterocycles. The number of ether oxygens (including phenoxy) is 1. The van der Waals surface area contributed by atoms with E-state index in [0.717, 1.165) is 23.9 Å². The number of rotatable bonds is 8. The van der Waals surface area contributed by atoms with E-state index < -0.39 is 0 Å². The van der Waals surface area contributed by atoms with Gasteiger partial charge in [0.1, 0.15) is 0 Å². The highest BCUT2D eigenvalue weighted by Gasteiger charge is 2.44. The van der Waals surface area contributed by atoms with Crippen molar-refractivity contribution in [3.05, 3.63) is 34.3 Å². The van der Waals surface area contributed by atoms with Gasteiger partial charge in [-0.3, -0.25) is 9.79 Å². The molecule has 1 fully saturated rings. The topological polar surface area (TPSA) is 74.8 Å². The predicted molar refractivity (Wildman–Crippen MR) is 99.3 cm³/mol. The van der Waals surface area contributed by atoms with Crippen LogP contribution in [0.15, 0.2) is 33.7 Å². The summed E-state index contributed by atoms with van der Waals surface area (Å²) in [5.41, 5.74) is 1.50. The number of hydrogen-bond donors (Lipinski definition) is 3. The van der Waals surface area contributed by atoms with Crippen LogP contribution in [-0.4, -0.2) is 52.3 Å². The van der Waals surface area contributed by atoms with Crippen molar-refractivity contribution in [2.45, 2.75) is 18.3 Å². The average Bonchev–Trinajstić information content (AvgIpc) is 3.36. The van der Waals surface area contributed by atoms with Crippen LogP contribution in [0.5, 0.6) is 0 Å². The second-order valence-electron chi connectivity index (χ2n) is 5.91. The number of halogens is 1. The van der Waals surface area contributed by atoms with Gasteiger partial charge in [-0.1, -0.05) is 28.1 Å². The van der Waals surface area contributed by atoms with Crippen molar-refractivity contribution in [2.75, 3.05) is 40.4 Å². The predicted octanol–water partition coefficient (Wildman–Crippen LogP) is 1.41. The van der Waals surface area contributed by atoms with Crippen LogP contribution in [0.25, 0.3) is 0 Å². The molecule has 0 bridgehead atoms. The van der Waals surface area contributed by atoms with Crippen molar-refractivity contribution >= 4 is 27.8 Å². The number of carbonyl (C=O) groups is 1. The van der Waals surface area contributed by atoms with E-state index in [1.54, 1.807) is 14.2 Å². The Kier molecular flexibility index (Phi) is 7.05. The Hall–Kier alpha value is -1.60. The van der Waals surface area contributed by atoms with Gasteiger partial charge in [-0.25, -0.2) is 0 Å². The van der Waals surface area contributed by atoms with Crippen LogP contribution in [0.2, 0.25) is 0 Å². The summed E-state index contributed by atoms with van der Waals surface area (Å²) in [6.07, 6.45) is 2.32. The molecule has 0 unspecified atom stereocenters. The zero-order valence-corrected chi connectivity index (χ0v) is 15.8. The molecule has 1 aromatic rings. The first-order chi connectivity index (χ1) is 11.6. The zero-order valence-electron chi connectivity index (χ0n) is 14.2. The number of nitrogens with zero attached hydrogens (tertiary/aromatic N) is 1. The summed E-state index contributed by atoms with van der Waals surface area (Å²) >= 11 is 3.53. The third-order valence-electron chi connectivity index (χ3n) is 4.15. The number of benzene rings is 1. The molecule has 0 aromatic heterocycles. The van der Waals surface area contributed by atoms with Crippen molar-refractivity contribution in [3.63, 3.8) is 0 Å². The maximum absolute atomic E-state index is 11.7. The standard InChI is InChI=1S/C17H25BrN4O2/c1-19-16(21-11-15(23)20-8-9-24-2)22-12-17(6-7-17)13-4-3-5-14(18)10-13/h3-5,10H,6-9,11-12H2,1-2H3,(H,20,23)(H2,19,21,22). The Morgan fingerprint density at radius 1 is 1.33 bits per heavy atom. The molecular weight excluding hydrogens is 372 g/mol. The maximum atomic E-state index is 11.7. The van der Waals surface area contributed by atoms with Gasteiger partial charge in [-0.15, -0.1) is 0 Å². The van der Waals surface area contributed by atoms with E-state index in [1.807, 2.05) is 6.07 Å². The number of amides is 1. The molecule has 6 nitrogen and oxygen atoms in total. The number of guanidine groups is 1. The second kappa shape index (κ2) is 9.03. The lowest BCUT2D eigenvalue weighted by Gasteiger charge is -2.19. The second-order valence-corrected chi connectivity index (χ2v) is 6.83. The molecule has 0 atom stereocenters. The van der Waals surface area contributed by atoms with Crippen LogP contribution in [0.3, 0.4) is 0 Å². The Labute approximate surface area is 151 Å². The normalized spacial score (nSPS) is 15.7. The molecule has 24 heavy (non-hydrogen) atoms. The molecular formula is C17H25BrN4O2. The molecule has 1 aliphatic carbocycles. The van der Waals surface area contributed by atoms with E-state index in [2.05, 4.69) is 55.1 Å². The minimum Gasteiger partial charge on any atom is -0.383 e. The van der Waals surface area contributed by atoms with E-state index in [-0.39, 0.29) is 17.9 Å². The van der Waals surface area contributed by atoms with Crippen LogP contribution in [0.1, 0.15) is 18.4 Å². The number of carbonyl (C=O) groups excluding carboxylic acids is 1. The van der Waals surface area contributed by atoms with Crippen molar-refractivity contribution in [1.29, 1.82) is 0 Å². The fraction of sp³-hybridized carbons (Fsp3) is 0.529. The lowest BCUT2D eigenvalue weighted by molar-refractivity contribution is -0.120. The smallest absolute Gasteiger partial charge is 0.239 e. The molecule has 0 heterocycles. The van der Waals surface area contributed by atoms with Gasteiger partial charge < -0.3 is 20.7 Å². The lowest BCUT2D eigenvalue weighted by atomic mass is 9.96. The van der Waals surface area contributed by atoms with E-state index in [4.69, 9.17) is 4.74 Å². The zero-order chi connectivity index (χ0) is 17.4. The van der Waals surface area contributed by atoms with Crippen LogP contribution < -0.4 is 16.0 Å². The van der Waals surface area contributed by atoms with E-state index in [9.17, 15) is 4.79 Å². The first-order valence-electron chi connectivity index (χ1n) is 8.06. The molecule has 1 amide bonds. The van der Waals surface area contributed by atoms with Gasteiger partial charge in [0.2, 0.25) is 5.91 Å². The SMILES string of the molecule is CN=C(NCC(=O)NCCOC)NCC1(c2cccc(Br)c2)CC1. The third kappa shape index (κ3) is 5.49. The van der Waals surface area contributed by atoms with Gasteiger partial charge in [0.05, 0.1) is 13.2 Å². The molecule has 1 saturated carbocycles. The number of aliphatic imine (C=N–C) groups is 1. The van der Waals surface area contributed by atoms with Crippen LogP contribution in [0.4, 0.5) is 0 Å². The first-order valence-corrected chi connectivity index (χ1v) is 8.85. The lowest BCUT2D eigenvalue weighted by Crippen LogP contribution is -2.45. The van der Waals surface area contributed by atoms with Crippen molar-refractivity contribution in [2.24, 2.45) is 4.99 Å².